The minimum atomic E-state index is -3.00. The van der Waals surface area contributed by atoms with Gasteiger partial charge in [0, 0.05) is 6.92 Å². The highest BCUT2D eigenvalue weighted by Gasteiger charge is 2.42. The first-order valence-corrected chi connectivity index (χ1v) is 3.78. The summed E-state index contributed by atoms with van der Waals surface area (Å²) < 4.78 is 67.3. The Hall–Kier alpha value is -1.40. The van der Waals surface area contributed by atoms with Crippen LogP contribution in [0, 0.1) is 0 Å². The Labute approximate surface area is 81.0 Å². The molecule has 0 saturated carbocycles. The van der Waals surface area contributed by atoms with Crippen LogP contribution in [0.15, 0.2) is 23.2 Å². The van der Waals surface area contributed by atoms with Crippen LogP contribution in [0.25, 0.3) is 0 Å². The lowest BCUT2D eigenvalue weighted by Gasteiger charge is -2.19. The Morgan fingerprint density at radius 2 is 1.67 bits per heavy atom. The van der Waals surface area contributed by atoms with Gasteiger partial charge in [0.15, 0.2) is 29.8 Å². The first kappa shape index (κ1) is 11.7. The van der Waals surface area contributed by atoms with Crippen molar-refractivity contribution in [2.24, 2.45) is 0 Å². The second-order valence-electron chi connectivity index (χ2n) is 2.74. The number of carbonyl (C=O) groups excluding carboxylic acids is 1. The van der Waals surface area contributed by atoms with E-state index in [1.165, 1.54) is 0 Å². The zero-order chi connectivity index (χ0) is 11.7. The molecular formula is C8H5F5O2. The maximum atomic E-state index is 12.9. The molecule has 0 heterocycles. The van der Waals surface area contributed by atoms with E-state index in [2.05, 4.69) is 4.74 Å². The van der Waals surface area contributed by atoms with Crippen LogP contribution in [0.2, 0.25) is 0 Å². The number of allylic oxidation sites excluding steroid dienone is 4. The molecule has 1 aliphatic carbocycles. The molecule has 1 aliphatic rings. The lowest BCUT2D eigenvalue weighted by Crippen LogP contribution is -2.28. The van der Waals surface area contributed by atoms with E-state index in [-0.39, 0.29) is 0 Å². The van der Waals surface area contributed by atoms with Gasteiger partial charge >= 0.3 is 5.97 Å². The summed E-state index contributed by atoms with van der Waals surface area (Å²) in [5.41, 5.74) is 0. The average molecular weight is 228 g/mol. The molecule has 0 bridgehead atoms. The monoisotopic (exact) mass is 228 g/mol. The number of halogens is 5. The first-order chi connectivity index (χ1) is 6.86. The Morgan fingerprint density at radius 1 is 1.13 bits per heavy atom. The first-order valence-electron chi connectivity index (χ1n) is 3.78. The summed E-state index contributed by atoms with van der Waals surface area (Å²) >= 11 is 0. The predicted molar refractivity (Wildman–Crippen MR) is 38.9 cm³/mol. The van der Waals surface area contributed by atoms with Crippen LogP contribution in [0.4, 0.5) is 22.0 Å². The van der Waals surface area contributed by atoms with Crippen LogP contribution in [-0.2, 0) is 9.53 Å². The van der Waals surface area contributed by atoms with E-state index in [4.69, 9.17) is 0 Å². The molecule has 0 spiro atoms. The Morgan fingerprint density at radius 3 is 2.13 bits per heavy atom. The van der Waals surface area contributed by atoms with Crippen molar-refractivity contribution in [3.05, 3.63) is 23.2 Å². The highest BCUT2D eigenvalue weighted by molar-refractivity contribution is 5.68. The molecule has 1 rings (SSSR count). The van der Waals surface area contributed by atoms with Crippen LogP contribution >= 0.6 is 0 Å². The number of rotatable bonds is 1. The summed E-state index contributed by atoms with van der Waals surface area (Å²) in [6.45, 7) is 0.785. The molecule has 0 aromatic rings. The van der Waals surface area contributed by atoms with E-state index >= 15 is 0 Å². The van der Waals surface area contributed by atoms with Gasteiger partial charge in [-0.05, 0) is 0 Å². The fourth-order valence-corrected chi connectivity index (χ4v) is 0.972. The van der Waals surface area contributed by atoms with Crippen LogP contribution in [0.3, 0.4) is 0 Å². The van der Waals surface area contributed by atoms with E-state index < -0.39 is 41.6 Å². The lowest BCUT2D eigenvalue weighted by atomic mass is 10.1. The molecular weight excluding hydrogens is 223 g/mol. The fraction of sp³-hybridized carbons (Fsp3) is 0.375. The summed E-state index contributed by atoms with van der Waals surface area (Å²) in [4.78, 5) is 10.4. The Kier molecular flexibility index (Phi) is 3.11. The summed E-state index contributed by atoms with van der Waals surface area (Å²) in [6, 6.07) is 0. The normalized spacial score (nSPS) is 27.1. The number of alkyl halides is 2. The van der Waals surface area contributed by atoms with E-state index in [1.807, 2.05) is 0 Å². The smallest absolute Gasteiger partial charge is 0.307 e. The van der Waals surface area contributed by atoms with Gasteiger partial charge in [-0.15, -0.1) is 0 Å². The third-order valence-electron chi connectivity index (χ3n) is 1.62. The molecule has 0 fully saturated rings. The number of ether oxygens (including phenoxy) is 1. The molecule has 0 aromatic carbocycles. The van der Waals surface area contributed by atoms with Gasteiger partial charge in [-0.2, -0.15) is 4.39 Å². The zero-order valence-electron chi connectivity index (χ0n) is 7.36. The van der Waals surface area contributed by atoms with Crippen LogP contribution < -0.4 is 0 Å². The van der Waals surface area contributed by atoms with Crippen LogP contribution in [0.5, 0.6) is 0 Å². The van der Waals surface area contributed by atoms with E-state index in [0.29, 0.717) is 0 Å². The summed E-state index contributed by atoms with van der Waals surface area (Å²) in [7, 11) is 0. The molecule has 7 heteroatoms. The van der Waals surface area contributed by atoms with Gasteiger partial charge in [0.05, 0.1) is 0 Å². The number of hydrogen-bond donors (Lipinski definition) is 0. The second-order valence-corrected chi connectivity index (χ2v) is 2.74. The Balaban J connectivity index is 3.16. The highest BCUT2D eigenvalue weighted by Crippen LogP contribution is 2.37. The molecule has 0 aromatic heterocycles. The summed E-state index contributed by atoms with van der Waals surface area (Å²) in [6.07, 6.45) is -5.87. The molecule has 0 saturated heterocycles. The SMILES string of the molecule is CC(=O)OC1=C(F)C(F)=C(F)C(F)C1F. The van der Waals surface area contributed by atoms with Gasteiger partial charge in [0.25, 0.3) is 0 Å². The predicted octanol–water partition coefficient (Wildman–Crippen LogP) is 2.57. The van der Waals surface area contributed by atoms with Gasteiger partial charge in [-0.25, -0.2) is 17.6 Å². The van der Waals surface area contributed by atoms with Gasteiger partial charge in [-0.3, -0.25) is 4.79 Å². The molecule has 0 N–H and O–H groups in total. The molecule has 2 atom stereocenters. The molecule has 0 amide bonds. The quantitative estimate of drug-likeness (QED) is 0.509. The minimum absolute atomic E-state index is 0.785. The second kappa shape index (κ2) is 4.00. The van der Waals surface area contributed by atoms with Crippen molar-refractivity contribution in [2.45, 2.75) is 19.3 Å². The zero-order valence-corrected chi connectivity index (χ0v) is 7.36. The average Bonchev–Trinajstić information content (AvgIpc) is 2.18. The molecule has 2 unspecified atom stereocenters. The topological polar surface area (TPSA) is 26.3 Å². The van der Waals surface area contributed by atoms with E-state index in [0.717, 1.165) is 6.92 Å². The van der Waals surface area contributed by atoms with Crippen molar-refractivity contribution in [1.29, 1.82) is 0 Å². The third-order valence-corrected chi connectivity index (χ3v) is 1.62. The standard InChI is InChI=1S/C8H5F5O2/c1-2(14)15-8-6(12)4(10)3(9)5(11)7(8)13/h4,6H,1H3. The molecule has 0 aliphatic heterocycles. The summed E-state index contributed by atoms with van der Waals surface area (Å²) in [5.74, 6) is -9.05. The Bertz CT molecular complexity index is 360. The molecule has 2 nitrogen and oxygen atoms in total. The molecule has 15 heavy (non-hydrogen) atoms. The van der Waals surface area contributed by atoms with Crippen molar-refractivity contribution in [2.75, 3.05) is 0 Å². The van der Waals surface area contributed by atoms with E-state index in [1.54, 1.807) is 0 Å². The molecule has 84 valence electrons. The largest absolute Gasteiger partial charge is 0.425 e. The van der Waals surface area contributed by atoms with Crippen molar-refractivity contribution < 1.29 is 31.5 Å². The van der Waals surface area contributed by atoms with Crippen molar-refractivity contribution in [3.63, 3.8) is 0 Å². The van der Waals surface area contributed by atoms with E-state index in [9.17, 15) is 26.7 Å². The van der Waals surface area contributed by atoms with Gasteiger partial charge in [-0.1, -0.05) is 0 Å². The van der Waals surface area contributed by atoms with Crippen molar-refractivity contribution >= 4 is 5.97 Å². The van der Waals surface area contributed by atoms with Crippen molar-refractivity contribution in [3.8, 4) is 0 Å². The number of carbonyl (C=O) groups is 1. The maximum absolute atomic E-state index is 12.9. The number of esters is 1. The third kappa shape index (κ3) is 2.00. The van der Waals surface area contributed by atoms with Crippen LogP contribution in [0.1, 0.15) is 6.92 Å². The number of hydrogen-bond acceptors (Lipinski definition) is 2. The lowest BCUT2D eigenvalue weighted by molar-refractivity contribution is -0.138. The highest BCUT2D eigenvalue weighted by atomic mass is 19.2. The van der Waals surface area contributed by atoms with Gasteiger partial charge < -0.3 is 4.74 Å². The fourth-order valence-electron chi connectivity index (χ4n) is 0.972. The molecule has 0 radical (unpaired) electrons. The minimum Gasteiger partial charge on any atom is -0.425 e. The maximum Gasteiger partial charge on any atom is 0.307 e. The van der Waals surface area contributed by atoms with Gasteiger partial charge in [0.1, 0.15) is 0 Å². The van der Waals surface area contributed by atoms with Gasteiger partial charge in [0.2, 0.25) is 5.83 Å². The van der Waals surface area contributed by atoms with Crippen molar-refractivity contribution in [1.82, 2.24) is 0 Å². The summed E-state index contributed by atoms with van der Waals surface area (Å²) in [5, 5.41) is 0. The van der Waals surface area contributed by atoms with Crippen LogP contribution in [-0.4, -0.2) is 18.3 Å².